The van der Waals surface area contributed by atoms with Crippen molar-refractivity contribution in [1.29, 1.82) is 0 Å². The summed E-state index contributed by atoms with van der Waals surface area (Å²) in [6, 6.07) is 5.84. The predicted octanol–water partition coefficient (Wildman–Crippen LogP) is 4.61. The summed E-state index contributed by atoms with van der Waals surface area (Å²) in [5, 5.41) is 2.19. The zero-order chi connectivity index (χ0) is 23.0. The van der Waals surface area contributed by atoms with E-state index >= 15 is 4.39 Å². The highest BCUT2D eigenvalue weighted by atomic mass is 19.1. The minimum absolute atomic E-state index is 0.119. The molecule has 32 heavy (non-hydrogen) atoms. The van der Waals surface area contributed by atoms with E-state index in [1.54, 1.807) is 0 Å². The largest absolute Gasteiger partial charge is 0.496 e. The van der Waals surface area contributed by atoms with Crippen LogP contribution in [0.15, 0.2) is 48.8 Å². The number of ketones is 1. The number of pyridine rings is 1. The molecule has 2 aromatic heterocycles. The Morgan fingerprint density at radius 3 is 2.34 bits per heavy atom. The van der Waals surface area contributed by atoms with Gasteiger partial charge in [0.05, 0.1) is 29.3 Å². The number of rotatable bonds is 5. The number of nitrogens with zero attached hydrogens (tertiary/aromatic N) is 1. The maximum atomic E-state index is 15.1. The molecule has 0 fully saturated rings. The lowest BCUT2D eigenvalue weighted by Crippen LogP contribution is -2.18. The van der Waals surface area contributed by atoms with Gasteiger partial charge in [0.1, 0.15) is 34.4 Å². The molecule has 0 aliphatic heterocycles. The SMILES string of the molecule is COc1ccnc2[nH]cc(C(=O)c3c(F)ccc(NC(=O)c4c(F)cccc4F)c3F)c12. The van der Waals surface area contributed by atoms with Gasteiger partial charge in [-0.25, -0.2) is 22.5 Å². The van der Waals surface area contributed by atoms with Crippen LogP contribution in [0.1, 0.15) is 26.3 Å². The van der Waals surface area contributed by atoms with Gasteiger partial charge in [0.2, 0.25) is 5.78 Å². The van der Waals surface area contributed by atoms with E-state index in [1.807, 2.05) is 5.32 Å². The number of hydrogen-bond acceptors (Lipinski definition) is 4. The van der Waals surface area contributed by atoms with Gasteiger partial charge in [-0.1, -0.05) is 6.07 Å². The second-order valence-electron chi connectivity index (χ2n) is 6.60. The van der Waals surface area contributed by atoms with Crippen molar-refractivity contribution in [1.82, 2.24) is 9.97 Å². The van der Waals surface area contributed by atoms with Gasteiger partial charge >= 0.3 is 0 Å². The molecule has 2 N–H and O–H groups in total. The fourth-order valence-electron chi connectivity index (χ4n) is 3.27. The van der Waals surface area contributed by atoms with Crippen LogP contribution in [0.4, 0.5) is 23.2 Å². The Kier molecular flexibility index (Phi) is 5.35. The lowest BCUT2D eigenvalue weighted by molar-refractivity contribution is 0.101. The van der Waals surface area contributed by atoms with Crippen LogP contribution in [0.2, 0.25) is 0 Å². The number of ether oxygens (including phenoxy) is 1. The third-order valence-corrected chi connectivity index (χ3v) is 4.76. The summed E-state index contributed by atoms with van der Waals surface area (Å²) in [4.78, 5) is 32.1. The Morgan fingerprint density at radius 1 is 0.969 bits per heavy atom. The molecule has 0 saturated carbocycles. The zero-order valence-corrected chi connectivity index (χ0v) is 16.3. The lowest BCUT2D eigenvalue weighted by atomic mass is 10.0. The number of amides is 1. The van der Waals surface area contributed by atoms with Crippen molar-refractivity contribution < 1.29 is 31.9 Å². The van der Waals surface area contributed by atoms with Crippen molar-refractivity contribution in [3.05, 3.63) is 88.8 Å². The molecular weight excluding hydrogens is 430 g/mol. The van der Waals surface area contributed by atoms with Crippen molar-refractivity contribution in [2.75, 3.05) is 12.4 Å². The van der Waals surface area contributed by atoms with Crippen LogP contribution in [0.25, 0.3) is 11.0 Å². The summed E-state index contributed by atoms with van der Waals surface area (Å²) in [6.07, 6.45) is 2.65. The third-order valence-electron chi connectivity index (χ3n) is 4.76. The fraction of sp³-hybridized carbons (Fsp3) is 0.0455. The van der Waals surface area contributed by atoms with Crippen molar-refractivity contribution in [2.24, 2.45) is 0 Å². The third kappa shape index (κ3) is 3.45. The summed E-state index contributed by atoms with van der Waals surface area (Å²) < 4.78 is 62.5. The van der Waals surface area contributed by atoms with Crippen LogP contribution in [0, 0.1) is 23.3 Å². The Morgan fingerprint density at radius 2 is 1.66 bits per heavy atom. The van der Waals surface area contributed by atoms with Crippen molar-refractivity contribution in [2.45, 2.75) is 0 Å². The number of hydrogen-bond donors (Lipinski definition) is 2. The molecule has 10 heteroatoms. The van der Waals surface area contributed by atoms with Crippen LogP contribution < -0.4 is 10.1 Å². The van der Waals surface area contributed by atoms with Gasteiger partial charge in [0.15, 0.2) is 5.82 Å². The summed E-state index contributed by atoms with van der Waals surface area (Å²) in [6.45, 7) is 0. The van der Waals surface area contributed by atoms with Gasteiger partial charge in [0.25, 0.3) is 5.91 Å². The molecule has 6 nitrogen and oxygen atoms in total. The number of methoxy groups -OCH3 is 1. The van der Waals surface area contributed by atoms with Gasteiger partial charge in [-0.3, -0.25) is 9.59 Å². The van der Waals surface area contributed by atoms with Gasteiger partial charge in [-0.05, 0) is 30.3 Å². The Hall–Kier alpha value is -4.21. The summed E-state index contributed by atoms with van der Waals surface area (Å²) in [7, 11) is 1.36. The van der Waals surface area contributed by atoms with E-state index < -0.39 is 51.8 Å². The summed E-state index contributed by atoms with van der Waals surface area (Å²) >= 11 is 0. The minimum atomic E-state index is -1.41. The van der Waals surface area contributed by atoms with E-state index in [4.69, 9.17) is 4.74 Å². The molecule has 0 saturated heterocycles. The number of benzene rings is 2. The molecule has 4 aromatic rings. The van der Waals surface area contributed by atoms with Gasteiger partial charge in [-0.15, -0.1) is 0 Å². The number of halogens is 4. The first kappa shape index (κ1) is 21.0. The minimum Gasteiger partial charge on any atom is -0.496 e. The van der Waals surface area contributed by atoms with E-state index in [9.17, 15) is 22.8 Å². The van der Waals surface area contributed by atoms with Gasteiger partial charge in [0, 0.05) is 12.4 Å². The average Bonchev–Trinajstić information content (AvgIpc) is 3.20. The average molecular weight is 443 g/mol. The molecule has 4 rings (SSSR count). The number of anilines is 1. The highest BCUT2D eigenvalue weighted by Crippen LogP contribution is 2.31. The fourth-order valence-corrected chi connectivity index (χ4v) is 3.27. The number of carbonyl (C=O) groups is 2. The molecule has 0 atom stereocenters. The number of fused-ring (bicyclic) bond motifs is 1. The quantitative estimate of drug-likeness (QED) is 0.349. The highest BCUT2D eigenvalue weighted by molar-refractivity contribution is 6.18. The lowest BCUT2D eigenvalue weighted by Gasteiger charge is -2.11. The molecule has 0 aliphatic rings. The number of H-pyrrole nitrogens is 1. The van der Waals surface area contributed by atoms with E-state index in [0.29, 0.717) is 0 Å². The van der Waals surface area contributed by atoms with Crippen LogP contribution in [-0.2, 0) is 0 Å². The number of aromatic nitrogens is 2. The Bertz CT molecular complexity index is 1360. The molecule has 0 spiro atoms. The van der Waals surface area contributed by atoms with Crippen molar-refractivity contribution in [3.8, 4) is 5.75 Å². The molecule has 0 bridgehead atoms. The van der Waals surface area contributed by atoms with Crippen LogP contribution in [0.3, 0.4) is 0 Å². The van der Waals surface area contributed by atoms with Crippen LogP contribution in [0.5, 0.6) is 5.75 Å². The number of carbonyl (C=O) groups excluding carboxylic acids is 2. The van der Waals surface area contributed by atoms with Gasteiger partial charge < -0.3 is 15.0 Å². The second-order valence-corrected chi connectivity index (χ2v) is 6.60. The summed E-state index contributed by atoms with van der Waals surface area (Å²) in [5.41, 5.74) is -2.41. The first-order chi connectivity index (χ1) is 15.3. The molecule has 0 aliphatic carbocycles. The van der Waals surface area contributed by atoms with Crippen LogP contribution in [-0.4, -0.2) is 28.8 Å². The molecule has 2 heterocycles. The maximum absolute atomic E-state index is 15.1. The molecule has 0 radical (unpaired) electrons. The van der Waals surface area contributed by atoms with E-state index in [0.717, 1.165) is 30.3 Å². The standard InChI is InChI=1S/C22H13F4N3O3/c1-32-15-7-8-27-21-16(15)10(9-28-21)20(30)18-13(25)5-6-14(19(18)26)29-22(31)17-11(23)3-2-4-12(17)24/h2-9H,1H3,(H,27,28)(H,29,31). The highest BCUT2D eigenvalue weighted by Gasteiger charge is 2.27. The van der Waals surface area contributed by atoms with Crippen LogP contribution >= 0.6 is 0 Å². The van der Waals surface area contributed by atoms with Crippen molar-refractivity contribution in [3.63, 3.8) is 0 Å². The second kappa shape index (κ2) is 8.14. The normalized spacial score (nSPS) is 10.9. The zero-order valence-electron chi connectivity index (χ0n) is 16.3. The molecule has 1 amide bonds. The number of aromatic amines is 1. The van der Waals surface area contributed by atoms with E-state index in [1.165, 1.54) is 25.6 Å². The first-order valence-electron chi connectivity index (χ1n) is 9.11. The van der Waals surface area contributed by atoms with Crippen molar-refractivity contribution >= 4 is 28.4 Å². The van der Waals surface area contributed by atoms with E-state index in [-0.39, 0.29) is 22.3 Å². The molecular formula is C22H13F4N3O3. The Labute approximate surface area is 177 Å². The Balaban J connectivity index is 1.77. The topological polar surface area (TPSA) is 84.1 Å². The molecule has 2 aromatic carbocycles. The smallest absolute Gasteiger partial charge is 0.261 e. The number of nitrogens with one attached hydrogen (secondary N) is 2. The van der Waals surface area contributed by atoms with E-state index in [2.05, 4.69) is 9.97 Å². The predicted molar refractivity (Wildman–Crippen MR) is 107 cm³/mol. The summed E-state index contributed by atoms with van der Waals surface area (Å²) in [5.74, 6) is -7.04. The monoisotopic (exact) mass is 443 g/mol. The van der Waals surface area contributed by atoms with Gasteiger partial charge in [-0.2, -0.15) is 0 Å². The molecule has 162 valence electrons. The maximum Gasteiger partial charge on any atom is 0.261 e. The molecule has 0 unspecified atom stereocenters. The first-order valence-corrected chi connectivity index (χ1v) is 9.11.